The van der Waals surface area contributed by atoms with Crippen molar-refractivity contribution in [2.75, 3.05) is 5.32 Å². The van der Waals surface area contributed by atoms with Crippen LogP contribution in [0, 0.1) is 5.82 Å². The van der Waals surface area contributed by atoms with E-state index >= 15 is 0 Å². The maximum absolute atomic E-state index is 12.6. The predicted molar refractivity (Wildman–Crippen MR) is 56.7 cm³/mol. The lowest BCUT2D eigenvalue weighted by Crippen LogP contribution is -2.05. The number of hydrogen-bond donors (Lipinski definition) is 2. The highest BCUT2D eigenvalue weighted by Gasteiger charge is 1.95. The molecule has 76 valence electrons. The lowest BCUT2D eigenvalue weighted by molar-refractivity contribution is 0.628. The van der Waals surface area contributed by atoms with Gasteiger partial charge < -0.3 is 10.3 Å². The van der Waals surface area contributed by atoms with E-state index in [-0.39, 0.29) is 11.4 Å². The van der Waals surface area contributed by atoms with E-state index in [9.17, 15) is 9.18 Å². The molecule has 0 saturated carbocycles. The minimum absolute atomic E-state index is 0.179. The molecule has 0 radical (unpaired) electrons. The Bertz CT molecular complexity index is 504. The van der Waals surface area contributed by atoms with Crippen molar-refractivity contribution in [3.05, 3.63) is 58.6 Å². The molecule has 2 N–H and O–H groups in total. The zero-order chi connectivity index (χ0) is 10.7. The van der Waals surface area contributed by atoms with Crippen LogP contribution in [0.5, 0.6) is 0 Å². The van der Waals surface area contributed by atoms with Crippen LogP contribution >= 0.6 is 0 Å². The highest BCUT2D eigenvalue weighted by Crippen LogP contribution is 2.13. The fraction of sp³-hybridized carbons (Fsp3) is 0. The topological polar surface area (TPSA) is 44.9 Å². The number of rotatable bonds is 2. The van der Waals surface area contributed by atoms with Crippen molar-refractivity contribution in [3.63, 3.8) is 0 Å². The number of hydrogen-bond acceptors (Lipinski definition) is 2. The number of aromatic nitrogens is 1. The average molecular weight is 204 g/mol. The van der Waals surface area contributed by atoms with Gasteiger partial charge in [-0.05, 0) is 30.3 Å². The molecule has 0 fully saturated rings. The minimum atomic E-state index is -0.290. The summed E-state index contributed by atoms with van der Waals surface area (Å²) >= 11 is 0. The summed E-state index contributed by atoms with van der Waals surface area (Å²) in [6.45, 7) is 0. The van der Waals surface area contributed by atoms with Gasteiger partial charge in [0.2, 0.25) is 5.56 Å². The number of halogens is 1. The van der Waals surface area contributed by atoms with Gasteiger partial charge in [0.05, 0.1) is 0 Å². The summed E-state index contributed by atoms with van der Waals surface area (Å²) in [5.41, 5.74) is 0.542. The molecule has 0 aliphatic rings. The first-order chi connectivity index (χ1) is 7.24. The summed E-state index contributed by atoms with van der Waals surface area (Å²) in [5.74, 6) is 0.288. The second kappa shape index (κ2) is 3.96. The monoisotopic (exact) mass is 204 g/mol. The fourth-order valence-corrected chi connectivity index (χ4v) is 1.21. The van der Waals surface area contributed by atoms with Gasteiger partial charge in [-0.15, -0.1) is 0 Å². The van der Waals surface area contributed by atoms with Gasteiger partial charge in [0, 0.05) is 11.8 Å². The molecule has 0 bridgehead atoms. The van der Waals surface area contributed by atoms with Crippen LogP contribution in [0.15, 0.2) is 47.3 Å². The molecule has 4 heteroatoms. The summed E-state index contributed by atoms with van der Waals surface area (Å²) < 4.78 is 12.6. The summed E-state index contributed by atoms with van der Waals surface area (Å²) in [7, 11) is 0. The van der Waals surface area contributed by atoms with Gasteiger partial charge in [-0.2, -0.15) is 0 Å². The Balaban J connectivity index is 2.22. The molecule has 1 aromatic carbocycles. The van der Waals surface area contributed by atoms with Crippen LogP contribution in [-0.4, -0.2) is 4.98 Å². The zero-order valence-corrected chi connectivity index (χ0v) is 7.83. The van der Waals surface area contributed by atoms with E-state index in [2.05, 4.69) is 10.3 Å². The first kappa shape index (κ1) is 9.45. The highest BCUT2D eigenvalue weighted by atomic mass is 19.1. The summed E-state index contributed by atoms with van der Waals surface area (Å²) in [6, 6.07) is 10.7. The molecule has 0 unspecified atom stereocenters. The fourth-order valence-electron chi connectivity index (χ4n) is 1.21. The summed E-state index contributed by atoms with van der Waals surface area (Å²) in [5, 5.41) is 2.95. The second-order valence-electron chi connectivity index (χ2n) is 3.06. The number of benzene rings is 1. The third-order valence-electron chi connectivity index (χ3n) is 1.89. The molecule has 2 rings (SSSR count). The molecule has 1 aromatic heterocycles. The van der Waals surface area contributed by atoms with E-state index in [0.29, 0.717) is 5.82 Å². The van der Waals surface area contributed by atoms with Gasteiger partial charge in [0.1, 0.15) is 11.6 Å². The molecule has 0 atom stereocenters. The van der Waals surface area contributed by atoms with Crippen molar-refractivity contribution >= 4 is 11.5 Å². The van der Waals surface area contributed by atoms with Gasteiger partial charge in [-0.3, -0.25) is 4.79 Å². The first-order valence-electron chi connectivity index (χ1n) is 4.46. The molecular formula is C11H9FN2O. The number of pyridine rings is 1. The van der Waals surface area contributed by atoms with Crippen LogP contribution in [0.2, 0.25) is 0 Å². The van der Waals surface area contributed by atoms with E-state index in [4.69, 9.17) is 0 Å². The zero-order valence-electron chi connectivity index (χ0n) is 7.83. The largest absolute Gasteiger partial charge is 0.342 e. The molecule has 3 nitrogen and oxygen atoms in total. The lowest BCUT2D eigenvalue weighted by Gasteiger charge is -2.04. The molecule has 1 heterocycles. The third kappa shape index (κ3) is 2.43. The molecule has 15 heavy (non-hydrogen) atoms. The Labute approximate surface area is 85.6 Å². The van der Waals surface area contributed by atoms with Gasteiger partial charge in [-0.1, -0.05) is 6.07 Å². The van der Waals surface area contributed by atoms with Crippen molar-refractivity contribution in [2.24, 2.45) is 0 Å². The van der Waals surface area contributed by atoms with Crippen molar-refractivity contribution in [1.29, 1.82) is 0 Å². The SMILES string of the molecule is O=c1cccc(Nc2ccc(F)cc2)[nH]1. The predicted octanol–water partition coefficient (Wildman–Crippen LogP) is 2.26. The van der Waals surface area contributed by atoms with E-state index in [0.717, 1.165) is 5.69 Å². The molecular weight excluding hydrogens is 195 g/mol. The number of nitrogens with one attached hydrogen (secondary N) is 2. The molecule has 0 aliphatic carbocycles. The van der Waals surface area contributed by atoms with Gasteiger partial charge >= 0.3 is 0 Å². The molecule has 0 aliphatic heterocycles. The summed E-state index contributed by atoms with van der Waals surface area (Å²) in [4.78, 5) is 13.6. The quantitative estimate of drug-likeness (QED) is 0.788. The van der Waals surface area contributed by atoms with Crippen LogP contribution in [0.25, 0.3) is 0 Å². The first-order valence-corrected chi connectivity index (χ1v) is 4.46. The molecule has 0 spiro atoms. The maximum atomic E-state index is 12.6. The number of anilines is 2. The van der Waals surface area contributed by atoms with Crippen molar-refractivity contribution in [3.8, 4) is 0 Å². The highest BCUT2D eigenvalue weighted by molar-refractivity contribution is 5.55. The van der Waals surface area contributed by atoms with Crippen LogP contribution in [-0.2, 0) is 0 Å². The summed E-state index contributed by atoms with van der Waals surface area (Å²) in [6.07, 6.45) is 0. The van der Waals surface area contributed by atoms with Crippen LogP contribution in [0.1, 0.15) is 0 Å². The minimum Gasteiger partial charge on any atom is -0.342 e. The maximum Gasteiger partial charge on any atom is 0.249 e. The van der Waals surface area contributed by atoms with Gasteiger partial charge in [0.15, 0.2) is 0 Å². The lowest BCUT2D eigenvalue weighted by atomic mass is 10.3. The van der Waals surface area contributed by atoms with Crippen LogP contribution in [0.4, 0.5) is 15.9 Å². The standard InChI is InChI=1S/C11H9FN2O/c12-8-4-6-9(7-5-8)13-10-2-1-3-11(15)14-10/h1-7H,(H2,13,14,15). The Morgan fingerprint density at radius 2 is 1.80 bits per heavy atom. The van der Waals surface area contributed by atoms with Gasteiger partial charge in [0.25, 0.3) is 0 Å². The molecule has 2 aromatic rings. The van der Waals surface area contributed by atoms with E-state index in [1.165, 1.54) is 18.2 Å². The molecule has 0 amide bonds. The van der Waals surface area contributed by atoms with Crippen molar-refractivity contribution < 1.29 is 4.39 Å². The smallest absolute Gasteiger partial charge is 0.249 e. The van der Waals surface area contributed by atoms with Crippen molar-refractivity contribution in [2.45, 2.75) is 0 Å². The van der Waals surface area contributed by atoms with Crippen LogP contribution in [0.3, 0.4) is 0 Å². The van der Waals surface area contributed by atoms with E-state index in [1.54, 1.807) is 24.3 Å². The van der Waals surface area contributed by atoms with Crippen molar-refractivity contribution in [1.82, 2.24) is 4.98 Å². The van der Waals surface area contributed by atoms with E-state index in [1.807, 2.05) is 0 Å². The Hall–Kier alpha value is -2.10. The second-order valence-corrected chi connectivity index (χ2v) is 3.06. The average Bonchev–Trinajstić information content (AvgIpc) is 2.22. The number of H-pyrrole nitrogens is 1. The van der Waals surface area contributed by atoms with Crippen LogP contribution < -0.4 is 10.9 Å². The normalized spacial score (nSPS) is 9.93. The third-order valence-corrected chi connectivity index (χ3v) is 1.89. The Morgan fingerprint density at radius 1 is 1.07 bits per heavy atom. The molecule has 0 saturated heterocycles. The Morgan fingerprint density at radius 3 is 2.47 bits per heavy atom. The van der Waals surface area contributed by atoms with E-state index < -0.39 is 0 Å². The Kier molecular flexibility index (Phi) is 2.49. The number of aromatic amines is 1. The van der Waals surface area contributed by atoms with Gasteiger partial charge in [-0.25, -0.2) is 4.39 Å².